The van der Waals surface area contributed by atoms with Crippen LogP contribution in [0.1, 0.15) is 5.56 Å². The maximum atomic E-state index is 10.9. The molecule has 1 aromatic carbocycles. The topological polar surface area (TPSA) is 153 Å². The Balaban J connectivity index is 1.86. The van der Waals surface area contributed by atoms with Gasteiger partial charge in [0.25, 0.3) is 0 Å². The molecule has 0 aliphatic heterocycles. The number of fused-ring (bicyclic) bond motifs is 1. The van der Waals surface area contributed by atoms with Crippen LogP contribution in [0, 0.1) is 20.2 Å². The first-order valence-corrected chi connectivity index (χ1v) is 6.36. The molecule has 2 heterocycles. The maximum Gasteiger partial charge on any atom is 0.346 e. The molecule has 2 N–H and O–H groups in total. The van der Waals surface area contributed by atoms with Crippen LogP contribution in [0.2, 0.25) is 0 Å². The quantitative estimate of drug-likeness (QED) is 0.533. The zero-order chi connectivity index (χ0) is 16.4. The Morgan fingerprint density at radius 1 is 1.09 bits per heavy atom. The van der Waals surface area contributed by atoms with Gasteiger partial charge in [-0.2, -0.15) is 0 Å². The van der Waals surface area contributed by atoms with Gasteiger partial charge < -0.3 is 10.3 Å². The summed E-state index contributed by atoms with van der Waals surface area (Å²) in [7, 11) is 0. The molecule has 0 aliphatic rings. The Bertz CT molecular complexity index is 907. The molecule has 0 bridgehead atoms. The minimum Gasteiger partial charge on any atom is -0.364 e. The summed E-state index contributed by atoms with van der Waals surface area (Å²) in [4.78, 5) is 35.1. The number of anilines is 1. The molecule has 0 saturated heterocycles. The van der Waals surface area contributed by atoms with Crippen molar-refractivity contribution in [2.24, 2.45) is 0 Å². The molecule has 3 rings (SSSR count). The molecule has 0 aliphatic carbocycles. The van der Waals surface area contributed by atoms with E-state index in [2.05, 4.69) is 25.3 Å². The van der Waals surface area contributed by atoms with Crippen LogP contribution in [0.25, 0.3) is 11.2 Å². The number of imidazole rings is 1. The van der Waals surface area contributed by atoms with E-state index < -0.39 is 21.2 Å². The minimum atomic E-state index is -0.785. The summed E-state index contributed by atoms with van der Waals surface area (Å²) in [5, 5.41) is 24.7. The molecule has 0 radical (unpaired) electrons. The Kier molecular flexibility index (Phi) is 3.51. The van der Waals surface area contributed by atoms with Gasteiger partial charge in [0, 0.05) is 18.7 Å². The number of benzene rings is 1. The zero-order valence-corrected chi connectivity index (χ0v) is 11.5. The lowest BCUT2D eigenvalue weighted by molar-refractivity contribution is -0.422. The highest BCUT2D eigenvalue weighted by molar-refractivity contribution is 5.81. The fourth-order valence-electron chi connectivity index (χ4n) is 2.06. The second kappa shape index (κ2) is 5.63. The number of nitrogens with one attached hydrogen (secondary N) is 2. The van der Waals surface area contributed by atoms with E-state index in [1.807, 2.05) is 0 Å². The second-order valence-electron chi connectivity index (χ2n) is 4.51. The van der Waals surface area contributed by atoms with Crippen molar-refractivity contribution in [2.75, 3.05) is 5.32 Å². The Hall–Kier alpha value is -3.63. The largest absolute Gasteiger partial charge is 0.364 e. The van der Waals surface area contributed by atoms with Gasteiger partial charge in [-0.3, -0.25) is 20.2 Å². The summed E-state index contributed by atoms with van der Waals surface area (Å²) < 4.78 is 0. The van der Waals surface area contributed by atoms with Gasteiger partial charge >= 0.3 is 11.4 Å². The summed E-state index contributed by atoms with van der Waals surface area (Å²) in [6, 6.07) is 3.72. The normalized spacial score (nSPS) is 10.6. The maximum absolute atomic E-state index is 10.9. The number of nitrogens with zero attached hydrogens (tertiary/aromatic N) is 5. The second-order valence-corrected chi connectivity index (χ2v) is 4.51. The first kappa shape index (κ1) is 14.3. The number of H-pyrrole nitrogens is 1. The van der Waals surface area contributed by atoms with E-state index in [9.17, 15) is 20.2 Å². The number of nitro groups is 2. The Labute approximate surface area is 127 Å². The van der Waals surface area contributed by atoms with Gasteiger partial charge in [0.2, 0.25) is 0 Å². The third-order valence-corrected chi connectivity index (χ3v) is 3.11. The van der Waals surface area contributed by atoms with Crippen molar-refractivity contribution in [1.29, 1.82) is 0 Å². The molecule has 0 atom stereocenters. The van der Waals surface area contributed by atoms with Gasteiger partial charge in [-0.05, 0) is 11.6 Å². The van der Waals surface area contributed by atoms with Crippen LogP contribution in [0.4, 0.5) is 17.2 Å². The lowest BCUT2D eigenvalue weighted by atomic mass is 10.1. The molecule has 0 unspecified atom stereocenters. The van der Waals surface area contributed by atoms with Crippen molar-refractivity contribution in [1.82, 2.24) is 19.9 Å². The van der Waals surface area contributed by atoms with Crippen LogP contribution < -0.4 is 5.32 Å². The molecule has 2 aromatic heterocycles. The van der Waals surface area contributed by atoms with Crippen LogP contribution >= 0.6 is 0 Å². The number of aromatic nitrogens is 4. The highest BCUT2D eigenvalue weighted by Crippen LogP contribution is 2.28. The van der Waals surface area contributed by atoms with Crippen molar-refractivity contribution in [3.8, 4) is 0 Å². The molecular formula is C12H9N7O4. The predicted molar refractivity (Wildman–Crippen MR) is 78.8 cm³/mol. The first-order valence-electron chi connectivity index (χ1n) is 6.36. The lowest BCUT2D eigenvalue weighted by Crippen LogP contribution is -2.04. The Morgan fingerprint density at radius 2 is 1.87 bits per heavy atom. The van der Waals surface area contributed by atoms with E-state index in [1.54, 1.807) is 0 Å². The minimum absolute atomic E-state index is 0.192. The third kappa shape index (κ3) is 2.74. The van der Waals surface area contributed by atoms with Crippen molar-refractivity contribution in [3.05, 3.63) is 56.6 Å². The molecule has 3 aromatic rings. The molecule has 0 saturated carbocycles. The van der Waals surface area contributed by atoms with Crippen molar-refractivity contribution < 1.29 is 9.85 Å². The van der Waals surface area contributed by atoms with Crippen molar-refractivity contribution in [3.63, 3.8) is 0 Å². The van der Waals surface area contributed by atoms with E-state index in [1.165, 1.54) is 18.7 Å². The fourth-order valence-corrected chi connectivity index (χ4v) is 2.06. The highest BCUT2D eigenvalue weighted by Gasteiger charge is 2.24. The molecule has 0 spiro atoms. The van der Waals surface area contributed by atoms with E-state index in [0.29, 0.717) is 22.5 Å². The first-order chi connectivity index (χ1) is 11.1. The molecule has 11 nitrogen and oxygen atoms in total. The lowest BCUT2D eigenvalue weighted by Gasteiger charge is -2.06. The van der Waals surface area contributed by atoms with Gasteiger partial charge in [0.15, 0.2) is 11.5 Å². The Morgan fingerprint density at radius 3 is 2.61 bits per heavy atom. The third-order valence-electron chi connectivity index (χ3n) is 3.11. The number of rotatable bonds is 5. The van der Waals surface area contributed by atoms with Crippen LogP contribution in [0.5, 0.6) is 0 Å². The van der Waals surface area contributed by atoms with Crippen LogP contribution in [-0.4, -0.2) is 29.8 Å². The van der Waals surface area contributed by atoms with E-state index in [-0.39, 0.29) is 6.54 Å². The van der Waals surface area contributed by atoms with Crippen molar-refractivity contribution in [2.45, 2.75) is 6.54 Å². The predicted octanol–water partition coefficient (Wildman–Crippen LogP) is 1.78. The van der Waals surface area contributed by atoms with E-state index in [4.69, 9.17) is 0 Å². The summed E-state index contributed by atoms with van der Waals surface area (Å²) in [6.07, 6.45) is 2.82. The molecule has 116 valence electrons. The molecule has 0 fully saturated rings. The SMILES string of the molecule is O=[N+]([O-])c1ccc(CNc2ncnc3[nH]cnc23)cc1[N+](=O)[O-]. The van der Waals surface area contributed by atoms with Gasteiger partial charge in [-0.25, -0.2) is 15.0 Å². The molecule has 23 heavy (non-hydrogen) atoms. The van der Waals surface area contributed by atoms with Gasteiger partial charge in [0.1, 0.15) is 11.8 Å². The summed E-state index contributed by atoms with van der Waals surface area (Å²) in [5.41, 5.74) is 0.489. The average molecular weight is 315 g/mol. The van der Waals surface area contributed by atoms with Crippen LogP contribution in [0.3, 0.4) is 0 Å². The number of hydrogen-bond donors (Lipinski definition) is 2. The summed E-state index contributed by atoms with van der Waals surface area (Å²) in [5.74, 6) is 0.456. The smallest absolute Gasteiger partial charge is 0.346 e. The summed E-state index contributed by atoms with van der Waals surface area (Å²) in [6.45, 7) is 0.192. The van der Waals surface area contributed by atoms with Crippen molar-refractivity contribution >= 4 is 28.4 Å². The summed E-state index contributed by atoms with van der Waals surface area (Å²) >= 11 is 0. The van der Waals surface area contributed by atoms with Crippen LogP contribution in [-0.2, 0) is 6.54 Å². The number of aromatic amines is 1. The van der Waals surface area contributed by atoms with E-state index >= 15 is 0 Å². The number of nitro benzene ring substituents is 2. The van der Waals surface area contributed by atoms with Gasteiger partial charge in [0.05, 0.1) is 16.2 Å². The molecule has 0 amide bonds. The van der Waals surface area contributed by atoms with Gasteiger partial charge in [-0.15, -0.1) is 0 Å². The van der Waals surface area contributed by atoms with Gasteiger partial charge in [-0.1, -0.05) is 0 Å². The number of hydrogen-bond acceptors (Lipinski definition) is 8. The monoisotopic (exact) mass is 315 g/mol. The molecular weight excluding hydrogens is 306 g/mol. The zero-order valence-electron chi connectivity index (χ0n) is 11.5. The standard InChI is InChI=1S/C12H9N7O4/c20-18(21)8-2-1-7(3-9(8)19(22)23)4-13-11-10-12(15-5-14-10)17-6-16-11/h1-3,5-6H,4H2,(H2,13,14,15,16,17). The molecule has 11 heteroatoms. The average Bonchev–Trinajstić information content (AvgIpc) is 3.01. The highest BCUT2D eigenvalue weighted by atomic mass is 16.6. The van der Waals surface area contributed by atoms with E-state index in [0.717, 1.165) is 12.1 Å². The fraction of sp³-hybridized carbons (Fsp3) is 0.0833. The van der Waals surface area contributed by atoms with Crippen LogP contribution in [0.15, 0.2) is 30.9 Å².